The molecule has 2 heterocycles. The van der Waals surface area contributed by atoms with Crippen LogP contribution in [0.1, 0.15) is 37.6 Å². The fraction of sp³-hybridized carbons (Fsp3) is 0.833. The molecule has 2 N–H and O–H groups in total. The summed E-state index contributed by atoms with van der Waals surface area (Å²) in [6, 6.07) is 0. The van der Waals surface area contributed by atoms with Gasteiger partial charge in [-0.25, -0.2) is 4.68 Å². The molecule has 0 aromatic carbocycles. The van der Waals surface area contributed by atoms with Gasteiger partial charge < -0.3 is 10.5 Å². The molecule has 17 heavy (non-hydrogen) atoms. The van der Waals surface area contributed by atoms with Gasteiger partial charge in [0.25, 0.3) is 0 Å². The highest BCUT2D eigenvalue weighted by Crippen LogP contribution is 2.27. The number of nitrogens with zero attached hydrogens (tertiary/aromatic N) is 3. The predicted octanol–water partition coefficient (Wildman–Crippen LogP) is 0.939. The van der Waals surface area contributed by atoms with E-state index in [1.165, 1.54) is 5.69 Å². The lowest BCUT2D eigenvalue weighted by Crippen LogP contribution is -2.15. The summed E-state index contributed by atoms with van der Waals surface area (Å²) in [6.07, 6.45) is 1.88. The number of hydrogen-bond acceptors (Lipinski definition) is 4. The van der Waals surface area contributed by atoms with E-state index >= 15 is 0 Å². The summed E-state index contributed by atoms with van der Waals surface area (Å²) in [5, 5.41) is 8.56. The highest BCUT2D eigenvalue weighted by molar-refractivity contribution is 5.17. The summed E-state index contributed by atoms with van der Waals surface area (Å²) in [4.78, 5) is 0. The normalized spacial score (nSPS) is 20.4. The van der Waals surface area contributed by atoms with E-state index in [1.807, 2.05) is 0 Å². The van der Waals surface area contributed by atoms with E-state index in [0.29, 0.717) is 18.4 Å². The topological polar surface area (TPSA) is 66.0 Å². The van der Waals surface area contributed by atoms with E-state index in [1.54, 1.807) is 0 Å². The monoisotopic (exact) mass is 238 g/mol. The molecule has 1 aromatic rings. The Bertz CT molecular complexity index is 355. The third-order valence-corrected chi connectivity index (χ3v) is 3.08. The van der Waals surface area contributed by atoms with Crippen molar-refractivity contribution < 1.29 is 4.74 Å². The van der Waals surface area contributed by atoms with Crippen LogP contribution in [0.5, 0.6) is 0 Å². The molecule has 1 saturated heterocycles. The molecule has 0 saturated carbocycles. The van der Waals surface area contributed by atoms with Crippen LogP contribution in [0.25, 0.3) is 0 Å². The van der Waals surface area contributed by atoms with Crippen molar-refractivity contribution in [3.63, 3.8) is 0 Å². The molecule has 1 aliphatic rings. The van der Waals surface area contributed by atoms with Crippen LogP contribution in [0, 0.1) is 5.92 Å². The standard InChI is InChI=1S/C12H22N4O/c1-9(2)7-16-12(10-4-6-17-8-10)11(3-5-13)14-15-16/h9-10H,3-8,13H2,1-2H3. The quantitative estimate of drug-likeness (QED) is 0.829. The second-order valence-corrected chi connectivity index (χ2v) is 5.10. The van der Waals surface area contributed by atoms with Gasteiger partial charge >= 0.3 is 0 Å². The third-order valence-electron chi connectivity index (χ3n) is 3.08. The molecule has 96 valence electrons. The number of aromatic nitrogens is 3. The summed E-state index contributed by atoms with van der Waals surface area (Å²) in [5.41, 5.74) is 7.94. The van der Waals surface area contributed by atoms with Gasteiger partial charge in [0.1, 0.15) is 0 Å². The third kappa shape index (κ3) is 2.84. The molecule has 0 spiro atoms. The molecule has 0 bridgehead atoms. The Hall–Kier alpha value is -0.940. The van der Waals surface area contributed by atoms with Gasteiger partial charge in [-0.3, -0.25) is 0 Å². The van der Waals surface area contributed by atoms with Crippen molar-refractivity contribution in [3.05, 3.63) is 11.4 Å². The largest absolute Gasteiger partial charge is 0.381 e. The molecular weight excluding hydrogens is 216 g/mol. The van der Waals surface area contributed by atoms with Crippen LogP contribution in [0.15, 0.2) is 0 Å². The van der Waals surface area contributed by atoms with Crippen molar-refractivity contribution in [2.75, 3.05) is 19.8 Å². The zero-order valence-corrected chi connectivity index (χ0v) is 10.7. The zero-order valence-electron chi connectivity index (χ0n) is 10.7. The molecule has 5 heteroatoms. The van der Waals surface area contributed by atoms with Crippen molar-refractivity contribution in [1.29, 1.82) is 0 Å². The van der Waals surface area contributed by atoms with Gasteiger partial charge in [-0.1, -0.05) is 19.1 Å². The van der Waals surface area contributed by atoms with E-state index in [4.69, 9.17) is 10.5 Å². The van der Waals surface area contributed by atoms with Gasteiger partial charge in [0.15, 0.2) is 0 Å². The number of rotatable bonds is 5. The summed E-state index contributed by atoms with van der Waals surface area (Å²) >= 11 is 0. The lowest BCUT2D eigenvalue weighted by molar-refractivity contribution is 0.192. The van der Waals surface area contributed by atoms with Crippen LogP contribution in [-0.2, 0) is 17.7 Å². The molecule has 1 fully saturated rings. The van der Waals surface area contributed by atoms with Crippen molar-refractivity contribution in [3.8, 4) is 0 Å². The predicted molar refractivity (Wildman–Crippen MR) is 65.8 cm³/mol. The van der Waals surface area contributed by atoms with Gasteiger partial charge in [-0.05, 0) is 18.9 Å². The molecule has 5 nitrogen and oxygen atoms in total. The second kappa shape index (κ2) is 5.60. The van der Waals surface area contributed by atoms with Crippen LogP contribution >= 0.6 is 0 Å². The SMILES string of the molecule is CC(C)Cn1nnc(CCN)c1C1CCOC1. The van der Waals surface area contributed by atoms with Crippen molar-refractivity contribution in [1.82, 2.24) is 15.0 Å². The first-order chi connectivity index (χ1) is 8.22. The number of nitrogens with two attached hydrogens (primary N) is 1. The first-order valence-electron chi connectivity index (χ1n) is 6.42. The van der Waals surface area contributed by atoms with Gasteiger partial charge in [-0.2, -0.15) is 0 Å². The highest BCUT2D eigenvalue weighted by atomic mass is 16.5. The smallest absolute Gasteiger partial charge is 0.0875 e. The Kier molecular flexibility index (Phi) is 4.12. The average Bonchev–Trinajstić information content (AvgIpc) is 2.87. The molecule has 1 aromatic heterocycles. The van der Waals surface area contributed by atoms with Gasteiger partial charge in [-0.15, -0.1) is 5.10 Å². The number of hydrogen-bond donors (Lipinski definition) is 1. The van der Waals surface area contributed by atoms with Crippen LogP contribution in [0.2, 0.25) is 0 Å². The molecule has 0 aliphatic carbocycles. The van der Waals surface area contributed by atoms with Crippen LogP contribution in [-0.4, -0.2) is 34.8 Å². The zero-order chi connectivity index (χ0) is 12.3. The van der Waals surface area contributed by atoms with Gasteiger partial charge in [0, 0.05) is 25.5 Å². The highest BCUT2D eigenvalue weighted by Gasteiger charge is 2.26. The van der Waals surface area contributed by atoms with Crippen molar-refractivity contribution in [2.45, 2.75) is 39.2 Å². The molecule has 1 atom stereocenters. The Balaban J connectivity index is 2.25. The molecule has 0 amide bonds. The number of ether oxygens (including phenoxy) is 1. The Morgan fingerprint density at radius 1 is 1.53 bits per heavy atom. The van der Waals surface area contributed by atoms with Crippen LogP contribution in [0.3, 0.4) is 0 Å². The lowest BCUT2D eigenvalue weighted by Gasteiger charge is -2.14. The van der Waals surface area contributed by atoms with Crippen molar-refractivity contribution >= 4 is 0 Å². The van der Waals surface area contributed by atoms with Crippen LogP contribution < -0.4 is 5.73 Å². The summed E-state index contributed by atoms with van der Waals surface area (Å²) in [5.74, 6) is 1.02. The maximum Gasteiger partial charge on any atom is 0.0875 e. The minimum atomic E-state index is 0.449. The van der Waals surface area contributed by atoms with E-state index in [0.717, 1.165) is 38.3 Å². The first kappa shape index (κ1) is 12.5. The van der Waals surface area contributed by atoms with E-state index in [2.05, 4.69) is 28.8 Å². The van der Waals surface area contributed by atoms with Gasteiger partial charge in [0.2, 0.25) is 0 Å². The van der Waals surface area contributed by atoms with Crippen LogP contribution in [0.4, 0.5) is 0 Å². The fourth-order valence-corrected chi connectivity index (χ4v) is 2.35. The average molecular weight is 238 g/mol. The summed E-state index contributed by atoms with van der Waals surface area (Å²) in [7, 11) is 0. The van der Waals surface area contributed by atoms with E-state index < -0.39 is 0 Å². The van der Waals surface area contributed by atoms with Crippen molar-refractivity contribution in [2.24, 2.45) is 11.7 Å². The summed E-state index contributed by atoms with van der Waals surface area (Å²) in [6.45, 7) is 7.57. The Labute approximate surface area is 102 Å². The molecular formula is C12H22N4O. The molecule has 1 unspecified atom stereocenters. The van der Waals surface area contributed by atoms with Gasteiger partial charge in [0.05, 0.1) is 18.0 Å². The molecule has 1 aliphatic heterocycles. The first-order valence-corrected chi connectivity index (χ1v) is 6.42. The Morgan fingerprint density at radius 2 is 2.35 bits per heavy atom. The minimum absolute atomic E-state index is 0.449. The van der Waals surface area contributed by atoms with E-state index in [9.17, 15) is 0 Å². The molecule has 0 radical (unpaired) electrons. The maximum atomic E-state index is 5.63. The maximum absolute atomic E-state index is 5.63. The fourth-order valence-electron chi connectivity index (χ4n) is 2.35. The molecule has 2 rings (SSSR count). The second-order valence-electron chi connectivity index (χ2n) is 5.10. The minimum Gasteiger partial charge on any atom is -0.381 e. The van der Waals surface area contributed by atoms with E-state index in [-0.39, 0.29) is 0 Å². The Morgan fingerprint density at radius 3 is 2.94 bits per heavy atom. The summed E-state index contributed by atoms with van der Waals surface area (Å²) < 4.78 is 7.52. The lowest BCUT2D eigenvalue weighted by atomic mass is 10.0.